The summed E-state index contributed by atoms with van der Waals surface area (Å²) in [5.41, 5.74) is 0. The van der Waals surface area contributed by atoms with Gasteiger partial charge in [0.1, 0.15) is 0 Å². The Labute approximate surface area is 73.3 Å². The van der Waals surface area contributed by atoms with E-state index >= 15 is 0 Å². The van der Waals surface area contributed by atoms with Gasteiger partial charge in [-0.25, -0.2) is 0 Å². The predicted octanol–water partition coefficient (Wildman–Crippen LogP) is -0.263. The molecule has 68 valence electrons. The molecule has 0 amide bonds. The summed E-state index contributed by atoms with van der Waals surface area (Å²) in [6, 6.07) is 0. The first-order valence-corrected chi connectivity index (χ1v) is 4.31. The zero-order valence-electron chi connectivity index (χ0n) is 7.18. The molecular formula is C7H17ClN2O. The van der Waals surface area contributed by atoms with Crippen molar-refractivity contribution >= 4 is 11.6 Å². The molecule has 0 heterocycles. The number of aliphatic hydroxyl groups is 1. The van der Waals surface area contributed by atoms with Crippen molar-refractivity contribution in [3.8, 4) is 0 Å². The molecule has 0 saturated carbocycles. The first kappa shape index (κ1) is 11.2. The van der Waals surface area contributed by atoms with Crippen LogP contribution in [0.25, 0.3) is 0 Å². The number of alkyl halides is 1. The van der Waals surface area contributed by atoms with Crippen molar-refractivity contribution in [3.63, 3.8) is 0 Å². The second-order valence-corrected chi connectivity index (χ2v) is 2.98. The van der Waals surface area contributed by atoms with E-state index in [-0.39, 0.29) is 0 Å². The Morgan fingerprint density at radius 3 is 2.73 bits per heavy atom. The number of hydrogen-bond donors (Lipinski definition) is 2. The molecule has 0 aliphatic carbocycles. The van der Waals surface area contributed by atoms with Crippen molar-refractivity contribution in [3.05, 3.63) is 0 Å². The fourth-order valence-corrected chi connectivity index (χ4v) is 0.900. The molecule has 1 atom stereocenters. The van der Waals surface area contributed by atoms with Gasteiger partial charge in [-0.05, 0) is 14.1 Å². The molecule has 0 bridgehead atoms. The Kier molecular flexibility index (Phi) is 6.96. The van der Waals surface area contributed by atoms with E-state index in [9.17, 15) is 0 Å². The topological polar surface area (TPSA) is 35.5 Å². The molecule has 0 fully saturated rings. The third kappa shape index (κ3) is 6.56. The summed E-state index contributed by atoms with van der Waals surface area (Å²) in [6.07, 6.45) is -0.404. The summed E-state index contributed by atoms with van der Waals surface area (Å²) in [5, 5.41) is 12.2. The van der Waals surface area contributed by atoms with Gasteiger partial charge in [-0.15, -0.1) is 11.6 Å². The van der Waals surface area contributed by atoms with E-state index in [1.54, 1.807) is 0 Å². The molecule has 0 aromatic rings. The molecule has 0 saturated heterocycles. The minimum Gasteiger partial charge on any atom is -0.391 e. The second kappa shape index (κ2) is 6.85. The number of nitrogens with zero attached hydrogens (tertiary/aromatic N) is 1. The van der Waals surface area contributed by atoms with Crippen LogP contribution in [-0.4, -0.2) is 55.7 Å². The number of likely N-dealkylation sites (N-methyl/N-ethyl adjacent to an activating group) is 2. The molecule has 0 spiro atoms. The molecule has 4 heteroatoms. The van der Waals surface area contributed by atoms with Gasteiger partial charge >= 0.3 is 0 Å². The van der Waals surface area contributed by atoms with Gasteiger partial charge in [-0.3, -0.25) is 0 Å². The smallest absolute Gasteiger partial charge is 0.0802 e. The Morgan fingerprint density at radius 2 is 2.27 bits per heavy atom. The maximum Gasteiger partial charge on any atom is 0.0802 e. The first-order chi connectivity index (χ1) is 5.20. The Bertz CT molecular complexity index is 92.5. The highest BCUT2D eigenvalue weighted by molar-refractivity contribution is 6.18. The van der Waals surface area contributed by atoms with E-state index in [0.29, 0.717) is 12.4 Å². The van der Waals surface area contributed by atoms with E-state index in [4.69, 9.17) is 16.7 Å². The summed E-state index contributed by atoms with van der Waals surface area (Å²) in [4.78, 5) is 2.05. The van der Waals surface area contributed by atoms with E-state index in [2.05, 4.69) is 5.32 Å². The average Bonchev–Trinajstić information content (AvgIpc) is 2.00. The fraction of sp³-hybridized carbons (Fsp3) is 1.00. The zero-order valence-corrected chi connectivity index (χ0v) is 7.93. The monoisotopic (exact) mass is 180 g/mol. The summed E-state index contributed by atoms with van der Waals surface area (Å²) >= 11 is 5.44. The highest BCUT2D eigenvalue weighted by Gasteiger charge is 2.04. The van der Waals surface area contributed by atoms with Gasteiger partial charge in [-0.2, -0.15) is 0 Å². The number of aliphatic hydroxyl groups excluding tert-OH is 1. The third-order valence-corrected chi connectivity index (χ3v) is 1.80. The minimum absolute atomic E-state index is 0.309. The maximum atomic E-state index is 9.13. The van der Waals surface area contributed by atoms with Gasteiger partial charge in [-0.1, -0.05) is 0 Å². The maximum absolute atomic E-state index is 9.13. The summed E-state index contributed by atoms with van der Waals surface area (Å²) in [7, 11) is 3.87. The number of halogens is 1. The lowest BCUT2D eigenvalue weighted by atomic mass is 10.4. The molecule has 0 radical (unpaired) electrons. The molecular weight excluding hydrogens is 164 g/mol. The van der Waals surface area contributed by atoms with Crippen LogP contribution in [0.2, 0.25) is 0 Å². The fourth-order valence-electron chi connectivity index (χ4n) is 0.803. The largest absolute Gasteiger partial charge is 0.391 e. The summed E-state index contributed by atoms with van der Waals surface area (Å²) < 4.78 is 0. The molecule has 0 aliphatic heterocycles. The lowest BCUT2D eigenvalue weighted by Gasteiger charge is -2.18. The van der Waals surface area contributed by atoms with Gasteiger partial charge in [0.2, 0.25) is 0 Å². The zero-order chi connectivity index (χ0) is 8.69. The number of hydrogen-bond acceptors (Lipinski definition) is 3. The molecule has 2 N–H and O–H groups in total. The molecule has 3 nitrogen and oxygen atoms in total. The van der Waals surface area contributed by atoms with E-state index < -0.39 is 6.10 Å². The van der Waals surface area contributed by atoms with Gasteiger partial charge < -0.3 is 15.3 Å². The Balaban J connectivity index is 3.27. The number of rotatable bonds is 6. The van der Waals surface area contributed by atoms with Crippen LogP contribution >= 0.6 is 11.6 Å². The number of nitrogens with one attached hydrogen (secondary N) is 1. The van der Waals surface area contributed by atoms with Crippen LogP contribution in [-0.2, 0) is 0 Å². The quantitative estimate of drug-likeness (QED) is 0.553. The normalized spacial score (nSPS) is 13.9. The molecule has 0 rings (SSSR count). The van der Waals surface area contributed by atoms with Crippen molar-refractivity contribution in [1.29, 1.82) is 0 Å². The van der Waals surface area contributed by atoms with E-state index in [1.807, 2.05) is 19.0 Å². The van der Waals surface area contributed by atoms with Crippen molar-refractivity contribution in [1.82, 2.24) is 10.2 Å². The predicted molar refractivity (Wildman–Crippen MR) is 48.2 cm³/mol. The standard InChI is InChI=1S/C7H17ClN2O/c1-9-3-4-10(2)6-7(11)5-8/h7,9,11H,3-6H2,1-2H3. The molecule has 0 aromatic carbocycles. The van der Waals surface area contributed by atoms with Gasteiger partial charge in [0.15, 0.2) is 0 Å². The van der Waals surface area contributed by atoms with Crippen molar-refractivity contribution in [2.24, 2.45) is 0 Å². The van der Waals surface area contributed by atoms with Gasteiger partial charge in [0, 0.05) is 25.5 Å². The SMILES string of the molecule is CNCCN(C)CC(O)CCl. The van der Waals surface area contributed by atoms with Crippen LogP contribution in [0.1, 0.15) is 0 Å². The van der Waals surface area contributed by atoms with Crippen LogP contribution < -0.4 is 5.32 Å². The van der Waals surface area contributed by atoms with Crippen LogP contribution in [0.15, 0.2) is 0 Å². The van der Waals surface area contributed by atoms with Gasteiger partial charge in [0.25, 0.3) is 0 Å². The minimum atomic E-state index is -0.404. The van der Waals surface area contributed by atoms with Crippen LogP contribution in [0, 0.1) is 0 Å². The lowest BCUT2D eigenvalue weighted by molar-refractivity contribution is 0.145. The summed E-state index contributed by atoms with van der Waals surface area (Å²) in [5.74, 6) is 0.309. The first-order valence-electron chi connectivity index (χ1n) is 3.78. The van der Waals surface area contributed by atoms with E-state index in [0.717, 1.165) is 13.1 Å². The molecule has 0 aromatic heterocycles. The molecule has 1 unspecified atom stereocenters. The Morgan fingerprint density at radius 1 is 1.64 bits per heavy atom. The van der Waals surface area contributed by atoms with Crippen LogP contribution in [0.5, 0.6) is 0 Å². The van der Waals surface area contributed by atoms with Crippen LogP contribution in [0.4, 0.5) is 0 Å². The Hall–Kier alpha value is 0.170. The molecule has 11 heavy (non-hydrogen) atoms. The molecule has 0 aliphatic rings. The van der Waals surface area contributed by atoms with Gasteiger partial charge in [0.05, 0.1) is 6.10 Å². The average molecular weight is 181 g/mol. The van der Waals surface area contributed by atoms with Crippen molar-refractivity contribution in [2.45, 2.75) is 6.10 Å². The highest BCUT2D eigenvalue weighted by atomic mass is 35.5. The summed E-state index contributed by atoms with van der Waals surface area (Å²) in [6.45, 7) is 2.52. The van der Waals surface area contributed by atoms with Crippen molar-refractivity contribution < 1.29 is 5.11 Å². The lowest BCUT2D eigenvalue weighted by Crippen LogP contribution is -2.34. The van der Waals surface area contributed by atoms with Crippen LogP contribution in [0.3, 0.4) is 0 Å². The second-order valence-electron chi connectivity index (χ2n) is 2.67. The third-order valence-electron chi connectivity index (χ3n) is 1.44. The van der Waals surface area contributed by atoms with E-state index in [1.165, 1.54) is 0 Å². The van der Waals surface area contributed by atoms with Crippen molar-refractivity contribution in [2.75, 3.05) is 39.6 Å². The highest BCUT2D eigenvalue weighted by Crippen LogP contribution is 1.90.